The van der Waals surface area contributed by atoms with Gasteiger partial charge in [0.2, 0.25) is 11.8 Å². The van der Waals surface area contributed by atoms with Gasteiger partial charge >= 0.3 is 5.97 Å². The van der Waals surface area contributed by atoms with Crippen molar-refractivity contribution in [2.75, 3.05) is 17.2 Å². The van der Waals surface area contributed by atoms with Gasteiger partial charge in [-0.15, -0.1) is 0 Å². The van der Waals surface area contributed by atoms with Crippen LogP contribution in [0.25, 0.3) is 0 Å². The van der Waals surface area contributed by atoms with Gasteiger partial charge in [-0.1, -0.05) is 50.2 Å². The summed E-state index contributed by atoms with van der Waals surface area (Å²) in [4.78, 5) is 48.0. The topological polar surface area (TPSA) is 114 Å². The minimum absolute atomic E-state index is 0.141. The van der Waals surface area contributed by atoms with E-state index in [4.69, 9.17) is 4.74 Å². The SMILES string of the molecule is CC(=O)Nc1cccc(NC(=O)COC(=O)[C@@H](NC(=O)Cc2ccccc2)C(C)C)c1. The Hall–Kier alpha value is -3.68. The molecule has 0 aliphatic rings. The lowest BCUT2D eigenvalue weighted by Crippen LogP contribution is -2.46. The molecule has 164 valence electrons. The fraction of sp³-hybridized carbons (Fsp3) is 0.304. The monoisotopic (exact) mass is 425 g/mol. The number of amides is 3. The molecule has 0 saturated carbocycles. The van der Waals surface area contributed by atoms with Crippen molar-refractivity contribution in [2.24, 2.45) is 5.92 Å². The van der Waals surface area contributed by atoms with Crippen molar-refractivity contribution in [3.05, 3.63) is 60.2 Å². The summed E-state index contributed by atoms with van der Waals surface area (Å²) in [5, 5.41) is 7.89. The Morgan fingerprint density at radius 3 is 2.13 bits per heavy atom. The van der Waals surface area contributed by atoms with E-state index in [1.165, 1.54) is 6.92 Å². The molecule has 1 atom stereocenters. The average molecular weight is 425 g/mol. The van der Waals surface area contributed by atoms with Crippen LogP contribution >= 0.6 is 0 Å². The van der Waals surface area contributed by atoms with Gasteiger partial charge in [-0.25, -0.2) is 4.79 Å². The minimum atomic E-state index is -0.868. The van der Waals surface area contributed by atoms with Crippen molar-refractivity contribution >= 4 is 35.1 Å². The number of hydrogen-bond donors (Lipinski definition) is 3. The Balaban J connectivity index is 1.87. The zero-order valence-corrected chi connectivity index (χ0v) is 17.8. The van der Waals surface area contributed by atoms with E-state index >= 15 is 0 Å². The molecule has 2 aromatic carbocycles. The molecular formula is C23H27N3O5. The molecule has 0 unspecified atom stereocenters. The second kappa shape index (κ2) is 11.5. The number of carbonyl (C=O) groups excluding carboxylic acids is 4. The van der Waals surface area contributed by atoms with Gasteiger partial charge in [-0.3, -0.25) is 14.4 Å². The summed E-state index contributed by atoms with van der Waals surface area (Å²) in [6.45, 7) is 4.44. The normalized spacial score (nSPS) is 11.4. The van der Waals surface area contributed by atoms with E-state index in [0.29, 0.717) is 11.4 Å². The van der Waals surface area contributed by atoms with Crippen molar-refractivity contribution in [3.63, 3.8) is 0 Å². The number of anilines is 2. The number of hydrogen-bond acceptors (Lipinski definition) is 5. The first-order valence-electron chi connectivity index (χ1n) is 9.92. The van der Waals surface area contributed by atoms with Crippen LogP contribution in [0.4, 0.5) is 11.4 Å². The Bertz CT molecular complexity index is 928. The quantitative estimate of drug-likeness (QED) is 0.534. The van der Waals surface area contributed by atoms with Crippen LogP contribution in [0.5, 0.6) is 0 Å². The maximum absolute atomic E-state index is 12.4. The van der Waals surface area contributed by atoms with Gasteiger partial charge in [-0.05, 0) is 29.7 Å². The van der Waals surface area contributed by atoms with E-state index in [0.717, 1.165) is 5.56 Å². The van der Waals surface area contributed by atoms with Gasteiger partial charge in [0.05, 0.1) is 6.42 Å². The molecule has 31 heavy (non-hydrogen) atoms. The third-order valence-corrected chi connectivity index (χ3v) is 4.26. The van der Waals surface area contributed by atoms with Crippen LogP contribution in [-0.4, -0.2) is 36.3 Å². The number of ether oxygens (including phenoxy) is 1. The molecule has 0 spiro atoms. The van der Waals surface area contributed by atoms with E-state index in [1.807, 2.05) is 30.3 Å². The van der Waals surface area contributed by atoms with Crippen molar-refractivity contribution in [2.45, 2.75) is 33.2 Å². The lowest BCUT2D eigenvalue weighted by molar-refractivity contribution is -0.151. The molecule has 2 rings (SSSR count). The van der Waals surface area contributed by atoms with Crippen LogP contribution < -0.4 is 16.0 Å². The number of benzene rings is 2. The van der Waals surface area contributed by atoms with Gasteiger partial charge < -0.3 is 20.7 Å². The number of carbonyl (C=O) groups is 4. The highest BCUT2D eigenvalue weighted by Crippen LogP contribution is 2.15. The molecule has 3 N–H and O–H groups in total. The average Bonchev–Trinajstić information content (AvgIpc) is 2.70. The van der Waals surface area contributed by atoms with E-state index in [9.17, 15) is 19.2 Å². The molecule has 8 heteroatoms. The fourth-order valence-electron chi connectivity index (χ4n) is 2.80. The second-order valence-corrected chi connectivity index (χ2v) is 7.37. The molecule has 0 saturated heterocycles. The van der Waals surface area contributed by atoms with Gasteiger partial charge in [0.1, 0.15) is 6.04 Å². The van der Waals surface area contributed by atoms with Crippen molar-refractivity contribution in [1.82, 2.24) is 5.32 Å². The number of nitrogens with one attached hydrogen (secondary N) is 3. The molecule has 8 nitrogen and oxygen atoms in total. The predicted octanol–water partition coefficient (Wildman–Crippen LogP) is 2.51. The smallest absolute Gasteiger partial charge is 0.329 e. The summed E-state index contributed by atoms with van der Waals surface area (Å²) in [6, 6.07) is 14.9. The van der Waals surface area contributed by atoms with Crippen molar-refractivity contribution in [3.8, 4) is 0 Å². The molecule has 0 radical (unpaired) electrons. The lowest BCUT2D eigenvalue weighted by Gasteiger charge is -2.21. The predicted molar refractivity (Wildman–Crippen MR) is 117 cm³/mol. The standard InChI is InChI=1S/C23H27N3O5/c1-15(2)22(26-20(28)12-17-8-5-4-6-9-17)23(30)31-14-21(29)25-19-11-7-10-18(13-19)24-16(3)27/h4-11,13,15,22H,12,14H2,1-3H3,(H,24,27)(H,25,29)(H,26,28)/t22-/m0/s1. The van der Waals surface area contributed by atoms with E-state index in [1.54, 1.807) is 38.1 Å². The molecule has 2 aromatic rings. The maximum atomic E-state index is 12.4. The highest BCUT2D eigenvalue weighted by Gasteiger charge is 2.26. The van der Waals surface area contributed by atoms with E-state index in [2.05, 4.69) is 16.0 Å². The minimum Gasteiger partial charge on any atom is -0.454 e. The molecule has 3 amide bonds. The third kappa shape index (κ3) is 8.30. The summed E-state index contributed by atoms with van der Waals surface area (Å²) in [7, 11) is 0. The summed E-state index contributed by atoms with van der Waals surface area (Å²) in [5.74, 6) is -1.97. The molecule has 0 aliphatic carbocycles. The van der Waals surface area contributed by atoms with Crippen LogP contribution in [0.2, 0.25) is 0 Å². The van der Waals surface area contributed by atoms with Crippen LogP contribution in [0, 0.1) is 5.92 Å². The molecular weight excluding hydrogens is 398 g/mol. The lowest BCUT2D eigenvalue weighted by atomic mass is 10.0. The van der Waals surface area contributed by atoms with Crippen molar-refractivity contribution in [1.29, 1.82) is 0 Å². The first kappa shape index (κ1) is 23.6. The van der Waals surface area contributed by atoms with E-state index in [-0.39, 0.29) is 24.2 Å². The largest absolute Gasteiger partial charge is 0.454 e. The summed E-state index contributed by atoms with van der Waals surface area (Å²) < 4.78 is 5.11. The molecule has 0 aromatic heterocycles. The van der Waals surface area contributed by atoms with Crippen LogP contribution in [0.1, 0.15) is 26.3 Å². The second-order valence-electron chi connectivity index (χ2n) is 7.37. The summed E-state index contributed by atoms with van der Waals surface area (Å²) in [6.07, 6.45) is 0.141. The molecule has 0 bridgehead atoms. The van der Waals surface area contributed by atoms with Gasteiger partial charge in [0, 0.05) is 18.3 Å². The zero-order valence-electron chi connectivity index (χ0n) is 17.8. The molecule has 0 heterocycles. The maximum Gasteiger partial charge on any atom is 0.329 e. The highest BCUT2D eigenvalue weighted by atomic mass is 16.5. The third-order valence-electron chi connectivity index (χ3n) is 4.26. The molecule has 0 aliphatic heterocycles. The van der Waals surface area contributed by atoms with E-state index < -0.39 is 24.5 Å². The van der Waals surface area contributed by atoms with Gasteiger partial charge in [0.25, 0.3) is 5.91 Å². The van der Waals surface area contributed by atoms with Gasteiger partial charge in [0.15, 0.2) is 6.61 Å². The summed E-state index contributed by atoms with van der Waals surface area (Å²) >= 11 is 0. The van der Waals surface area contributed by atoms with Crippen molar-refractivity contribution < 1.29 is 23.9 Å². The Morgan fingerprint density at radius 2 is 1.52 bits per heavy atom. The van der Waals surface area contributed by atoms with Crippen LogP contribution in [0.15, 0.2) is 54.6 Å². The van der Waals surface area contributed by atoms with Crippen LogP contribution in [-0.2, 0) is 30.3 Å². The number of esters is 1. The fourth-order valence-corrected chi connectivity index (χ4v) is 2.80. The zero-order chi connectivity index (χ0) is 22.8. The van der Waals surface area contributed by atoms with Gasteiger partial charge in [-0.2, -0.15) is 0 Å². The Labute approximate surface area is 181 Å². The highest BCUT2D eigenvalue weighted by molar-refractivity contribution is 5.95. The first-order chi connectivity index (χ1) is 14.7. The summed E-state index contributed by atoms with van der Waals surface area (Å²) in [5.41, 5.74) is 1.81. The Morgan fingerprint density at radius 1 is 0.871 bits per heavy atom. The van der Waals surface area contributed by atoms with Crippen LogP contribution in [0.3, 0.4) is 0 Å². The number of rotatable bonds is 9. The molecule has 0 fully saturated rings. The Kier molecular flexibility index (Phi) is 8.75. The first-order valence-corrected chi connectivity index (χ1v) is 9.92.